The average molecular weight is 482 g/mol. The molecule has 170 valence electrons. The highest BCUT2D eigenvalue weighted by molar-refractivity contribution is 7.92. The molecule has 9 heteroatoms. The van der Waals surface area contributed by atoms with E-state index in [-0.39, 0.29) is 4.90 Å². The Labute approximate surface area is 196 Å². The van der Waals surface area contributed by atoms with E-state index in [9.17, 15) is 13.2 Å². The smallest absolute Gasteiger partial charge is 0.279 e. The van der Waals surface area contributed by atoms with Crippen LogP contribution in [0, 0.1) is 6.92 Å². The summed E-state index contributed by atoms with van der Waals surface area (Å²) >= 11 is 1.44. The number of nitrogens with zero attached hydrogens (tertiary/aromatic N) is 2. The summed E-state index contributed by atoms with van der Waals surface area (Å²) in [5.74, 6) is 0.329. The van der Waals surface area contributed by atoms with E-state index in [1.54, 1.807) is 49.6 Å². The molecule has 33 heavy (non-hydrogen) atoms. The zero-order valence-corrected chi connectivity index (χ0v) is 20.0. The van der Waals surface area contributed by atoms with Crippen molar-refractivity contribution >= 4 is 43.2 Å². The van der Waals surface area contributed by atoms with E-state index in [4.69, 9.17) is 4.74 Å². The Bertz CT molecular complexity index is 1490. The lowest BCUT2D eigenvalue weighted by Crippen LogP contribution is -2.16. The summed E-state index contributed by atoms with van der Waals surface area (Å²) in [6, 6.07) is 18.2. The normalized spacial score (nSPS) is 12.2. The molecule has 1 amide bonds. The van der Waals surface area contributed by atoms with Crippen LogP contribution in [0.2, 0.25) is 0 Å². The molecule has 0 aliphatic carbocycles. The summed E-state index contributed by atoms with van der Waals surface area (Å²) in [4.78, 5) is 18.0. The lowest BCUT2D eigenvalue weighted by atomic mass is 10.2. The first-order chi connectivity index (χ1) is 15.8. The Hall–Kier alpha value is -3.43. The SMILES string of the molecule is CCn1c(=NC(=O)c2ccc(NS(=O)(=O)c3ccccc3)cc2)sc2c(C)ccc(OC)c21. The van der Waals surface area contributed by atoms with Gasteiger partial charge in [-0.15, -0.1) is 0 Å². The fraction of sp³-hybridized carbons (Fsp3) is 0.167. The van der Waals surface area contributed by atoms with Crippen molar-refractivity contribution in [2.24, 2.45) is 4.99 Å². The van der Waals surface area contributed by atoms with Gasteiger partial charge in [0.2, 0.25) is 0 Å². The molecule has 7 nitrogen and oxygen atoms in total. The Morgan fingerprint density at radius 2 is 1.76 bits per heavy atom. The molecule has 1 N–H and O–H groups in total. The zero-order valence-electron chi connectivity index (χ0n) is 18.4. The molecular weight excluding hydrogens is 458 g/mol. The Morgan fingerprint density at radius 3 is 2.39 bits per heavy atom. The number of anilines is 1. The summed E-state index contributed by atoms with van der Waals surface area (Å²) in [5, 5.41) is 0. The number of nitrogens with one attached hydrogen (secondary N) is 1. The fourth-order valence-corrected chi connectivity index (χ4v) is 5.73. The number of carbonyl (C=O) groups is 1. The highest BCUT2D eigenvalue weighted by Gasteiger charge is 2.15. The minimum absolute atomic E-state index is 0.166. The van der Waals surface area contributed by atoms with Crippen LogP contribution in [0.25, 0.3) is 10.2 Å². The minimum atomic E-state index is -3.70. The molecule has 1 heterocycles. The Kier molecular flexibility index (Phi) is 6.35. The number of aryl methyl sites for hydroxylation is 2. The van der Waals surface area contributed by atoms with Crippen molar-refractivity contribution in [2.45, 2.75) is 25.3 Å². The summed E-state index contributed by atoms with van der Waals surface area (Å²) in [5.41, 5.74) is 2.73. The molecule has 0 radical (unpaired) electrons. The van der Waals surface area contributed by atoms with Crippen LogP contribution in [0.4, 0.5) is 5.69 Å². The average Bonchev–Trinajstić information content (AvgIpc) is 3.19. The van der Waals surface area contributed by atoms with Crippen LogP contribution in [-0.2, 0) is 16.6 Å². The van der Waals surface area contributed by atoms with Crippen LogP contribution in [0.3, 0.4) is 0 Å². The lowest BCUT2D eigenvalue weighted by molar-refractivity contribution is 0.0998. The molecular formula is C24H23N3O4S2. The van der Waals surface area contributed by atoms with Crippen molar-refractivity contribution in [3.63, 3.8) is 0 Å². The van der Waals surface area contributed by atoms with E-state index in [1.165, 1.54) is 23.5 Å². The summed E-state index contributed by atoms with van der Waals surface area (Å²) < 4.78 is 36.0. The Morgan fingerprint density at radius 1 is 1.06 bits per heavy atom. The van der Waals surface area contributed by atoms with Gasteiger partial charge < -0.3 is 9.30 Å². The van der Waals surface area contributed by atoms with Gasteiger partial charge in [-0.1, -0.05) is 35.6 Å². The summed E-state index contributed by atoms with van der Waals surface area (Å²) in [6.07, 6.45) is 0. The van der Waals surface area contributed by atoms with Crippen LogP contribution >= 0.6 is 11.3 Å². The van der Waals surface area contributed by atoms with Gasteiger partial charge in [-0.2, -0.15) is 4.99 Å². The minimum Gasteiger partial charge on any atom is -0.495 e. The number of methoxy groups -OCH3 is 1. The van der Waals surface area contributed by atoms with E-state index in [2.05, 4.69) is 9.71 Å². The van der Waals surface area contributed by atoms with Crippen LogP contribution in [0.5, 0.6) is 5.75 Å². The summed E-state index contributed by atoms with van der Waals surface area (Å²) in [7, 11) is -2.08. The molecule has 0 atom stereocenters. The third kappa shape index (κ3) is 4.55. The van der Waals surface area contributed by atoms with Crippen LogP contribution < -0.4 is 14.3 Å². The molecule has 4 rings (SSSR count). The van der Waals surface area contributed by atoms with Crippen molar-refractivity contribution in [3.05, 3.63) is 82.7 Å². The molecule has 0 fully saturated rings. The second-order valence-corrected chi connectivity index (χ2v) is 9.96. The van der Waals surface area contributed by atoms with Crippen LogP contribution in [-0.4, -0.2) is 26.0 Å². The van der Waals surface area contributed by atoms with Gasteiger partial charge in [0.25, 0.3) is 15.9 Å². The molecule has 1 aromatic heterocycles. The van der Waals surface area contributed by atoms with Crippen LogP contribution in [0.1, 0.15) is 22.8 Å². The van der Waals surface area contributed by atoms with Crippen molar-refractivity contribution in [1.29, 1.82) is 0 Å². The quantitative estimate of drug-likeness (QED) is 0.436. The molecule has 0 bridgehead atoms. The number of aromatic nitrogens is 1. The molecule has 0 saturated carbocycles. The van der Waals surface area contributed by atoms with Gasteiger partial charge in [-0.05, 0) is 61.9 Å². The maximum absolute atomic E-state index is 12.9. The van der Waals surface area contributed by atoms with Gasteiger partial charge >= 0.3 is 0 Å². The van der Waals surface area contributed by atoms with E-state index in [0.717, 1.165) is 21.5 Å². The third-order valence-electron chi connectivity index (χ3n) is 5.16. The van der Waals surface area contributed by atoms with Crippen molar-refractivity contribution < 1.29 is 17.9 Å². The number of hydrogen-bond acceptors (Lipinski definition) is 5. The van der Waals surface area contributed by atoms with Gasteiger partial charge in [0.15, 0.2) is 4.80 Å². The molecule has 0 aliphatic rings. The molecule has 0 saturated heterocycles. The molecule has 4 aromatic rings. The second kappa shape index (κ2) is 9.21. The van der Waals surface area contributed by atoms with Crippen molar-refractivity contribution in [2.75, 3.05) is 11.8 Å². The Balaban J connectivity index is 1.65. The lowest BCUT2D eigenvalue weighted by Gasteiger charge is -2.08. The monoisotopic (exact) mass is 481 g/mol. The maximum atomic E-state index is 12.9. The summed E-state index contributed by atoms with van der Waals surface area (Å²) in [6.45, 7) is 4.64. The highest BCUT2D eigenvalue weighted by atomic mass is 32.2. The number of amides is 1. The number of ether oxygens (including phenoxy) is 1. The molecule has 0 aliphatic heterocycles. The van der Waals surface area contributed by atoms with Crippen LogP contribution in [0.15, 0.2) is 76.6 Å². The number of fused-ring (bicyclic) bond motifs is 1. The first-order valence-corrected chi connectivity index (χ1v) is 12.6. The predicted molar refractivity (Wildman–Crippen MR) is 130 cm³/mol. The van der Waals surface area contributed by atoms with Gasteiger partial charge in [0.1, 0.15) is 11.3 Å². The molecule has 0 unspecified atom stereocenters. The molecule has 0 spiro atoms. The number of rotatable bonds is 6. The van der Waals surface area contributed by atoms with Gasteiger partial charge in [-0.25, -0.2) is 8.42 Å². The van der Waals surface area contributed by atoms with E-state index in [1.807, 2.05) is 30.5 Å². The number of carbonyl (C=O) groups excluding carboxylic acids is 1. The van der Waals surface area contributed by atoms with E-state index < -0.39 is 15.9 Å². The largest absolute Gasteiger partial charge is 0.495 e. The number of hydrogen-bond donors (Lipinski definition) is 1. The van der Waals surface area contributed by atoms with E-state index in [0.29, 0.717) is 22.6 Å². The first-order valence-electron chi connectivity index (χ1n) is 10.3. The highest BCUT2D eigenvalue weighted by Crippen LogP contribution is 2.30. The van der Waals surface area contributed by atoms with Gasteiger partial charge in [-0.3, -0.25) is 9.52 Å². The predicted octanol–water partition coefficient (Wildman–Crippen LogP) is 4.58. The van der Waals surface area contributed by atoms with Crippen molar-refractivity contribution in [1.82, 2.24) is 4.57 Å². The molecule has 3 aromatic carbocycles. The fourth-order valence-electron chi connectivity index (χ4n) is 3.47. The second-order valence-electron chi connectivity index (χ2n) is 7.30. The topological polar surface area (TPSA) is 89.8 Å². The number of benzene rings is 3. The standard InChI is InChI=1S/C24H23N3O4S2/c1-4-27-21-20(31-3)15-10-16(2)22(21)32-24(27)25-23(28)17-11-13-18(14-12-17)26-33(29,30)19-8-6-5-7-9-19/h5-15,26H,4H2,1-3H3. The van der Waals surface area contributed by atoms with Gasteiger partial charge in [0, 0.05) is 17.8 Å². The van der Waals surface area contributed by atoms with Gasteiger partial charge in [0.05, 0.1) is 16.7 Å². The zero-order chi connectivity index (χ0) is 23.6. The van der Waals surface area contributed by atoms with E-state index >= 15 is 0 Å². The number of thiazole rings is 1. The van der Waals surface area contributed by atoms with Crippen molar-refractivity contribution in [3.8, 4) is 5.75 Å². The maximum Gasteiger partial charge on any atom is 0.279 e. The third-order valence-corrected chi connectivity index (χ3v) is 7.77. The first kappa shape index (κ1) is 22.8. The number of sulfonamides is 1.